The van der Waals surface area contributed by atoms with Crippen LogP contribution in [0.5, 0.6) is 0 Å². The third kappa shape index (κ3) is 29.1. The molecule has 6 aromatic rings. The molecular weight excluding hydrogens is 721 g/mol. The summed E-state index contributed by atoms with van der Waals surface area (Å²) in [6.45, 7) is 21.5. The Hall–Kier alpha value is -4.14. The van der Waals surface area contributed by atoms with E-state index in [0.29, 0.717) is 18.3 Å². The first kappa shape index (κ1) is 53.9. The number of rotatable bonds is 6. The van der Waals surface area contributed by atoms with E-state index in [1.807, 2.05) is 27.7 Å². The molecule has 3 atom stereocenters. The Kier molecular flexibility index (Phi) is 35.6. The van der Waals surface area contributed by atoms with E-state index in [2.05, 4.69) is 173 Å². The van der Waals surface area contributed by atoms with Gasteiger partial charge in [0.15, 0.2) is 0 Å². The SMILES string of the molecule is CC.CC.CCC.CCC.COCC1CO1.COCC1CO1.COCC1CO1.c1ccc2ccccc2c1.c1ccc2ccccc2c1.c1ccc2ccccc2c1. The van der Waals surface area contributed by atoms with Crippen LogP contribution in [0.3, 0.4) is 0 Å². The first-order valence-corrected chi connectivity index (χ1v) is 21.2. The second-order valence-electron chi connectivity index (χ2n) is 12.7. The van der Waals surface area contributed by atoms with Gasteiger partial charge in [0.1, 0.15) is 18.3 Å². The summed E-state index contributed by atoms with van der Waals surface area (Å²) >= 11 is 0. The molecule has 0 amide bonds. The first-order chi connectivity index (χ1) is 28.5. The Morgan fingerprint density at radius 2 is 0.466 bits per heavy atom. The second kappa shape index (κ2) is 38.4. The minimum absolute atomic E-state index is 0.426. The summed E-state index contributed by atoms with van der Waals surface area (Å²) in [6.07, 6.45) is 3.78. The van der Waals surface area contributed by atoms with Crippen LogP contribution in [-0.4, -0.2) is 79.3 Å². The summed E-state index contributed by atoms with van der Waals surface area (Å²) in [5.41, 5.74) is 0. The molecule has 0 saturated carbocycles. The molecule has 0 aliphatic carbocycles. The Balaban J connectivity index is 0.000000651. The molecule has 0 N–H and O–H groups in total. The van der Waals surface area contributed by atoms with E-state index >= 15 is 0 Å². The van der Waals surface area contributed by atoms with Gasteiger partial charge in [0.05, 0.1) is 39.6 Å². The Morgan fingerprint density at radius 1 is 0.345 bits per heavy atom. The fourth-order valence-electron chi connectivity index (χ4n) is 4.45. The molecule has 0 spiro atoms. The normalized spacial score (nSPS) is 15.5. The van der Waals surface area contributed by atoms with E-state index in [1.54, 1.807) is 21.3 Å². The van der Waals surface area contributed by atoms with Crippen molar-refractivity contribution in [3.8, 4) is 0 Å². The highest BCUT2D eigenvalue weighted by molar-refractivity contribution is 5.83. The maximum absolute atomic E-state index is 4.82. The Bertz CT molecular complexity index is 1350. The van der Waals surface area contributed by atoms with Gasteiger partial charge in [0.25, 0.3) is 0 Å². The summed E-state index contributed by atoms with van der Waals surface area (Å²) in [7, 11) is 5.05. The zero-order valence-electron chi connectivity index (χ0n) is 37.7. The lowest BCUT2D eigenvalue weighted by Gasteiger charge is -1.92. The highest BCUT2D eigenvalue weighted by Gasteiger charge is 2.22. The molecule has 0 radical (unpaired) electrons. The quantitative estimate of drug-likeness (QED) is 0.156. The lowest BCUT2D eigenvalue weighted by atomic mass is 10.1. The van der Waals surface area contributed by atoms with Gasteiger partial charge in [-0.2, -0.15) is 0 Å². The largest absolute Gasteiger partial charge is 0.382 e. The molecule has 3 aliphatic heterocycles. The lowest BCUT2D eigenvalue weighted by Crippen LogP contribution is -1.94. The van der Waals surface area contributed by atoms with Gasteiger partial charge in [0, 0.05) is 21.3 Å². The predicted molar refractivity (Wildman–Crippen MR) is 251 cm³/mol. The summed E-state index contributed by atoms with van der Waals surface area (Å²) < 4.78 is 28.7. The summed E-state index contributed by atoms with van der Waals surface area (Å²) in [4.78, 5) is 0. The van der Waals surface area contributed by atoms with Crippen LogP contribution >= 0.6 is 0 Å². The molecule has 58 heavy (non-hydrogen) atoms. The number of hydrogen-bond acceptors (Lipinski definition) is 6. The van der Waals surface area contributed by atoms with Crippen LogP contribution in [0.2, 0.25) is 0 Å². The number of fused-ring (bicyclic) bond motifs is 3. The molecule has 320 valence electrons. The molecule has 3 aliphatic rings. The lowest BCUT2D eigenvalue weighted by molar-refractivity contribution is 0.171. The van der Waals surface area contributed by atoms with Crippen molar-refractivity contribution in [2.75, 3.05) is 61.0 Å². The predicted octanol–water partition coefficient (Wildman–Crippen LogP) is 13.5. The van der Waals surface area contributed by atoms with Crippen molar-refractivity contribution in [1.29, 1.82) is 0 Å². The fourth-order valence-corrected chi connectivity index (χ4v) is 4.45. The maximum Gasteiger partial charge on any atom is 0.104 e. The Morgan fingerprint density at radius 3 is 0.534 bits per heavy atom. The third-order valence-electron chi connectivity index (χ3n) is 7.24. The number of benzene rings is 6. The molecular formula is C52H76O6. The van der Waals surface area contributed by atoms with Crippen LogP contribution in [0.1, 0.15) is 68.2 Å². The van der Waals surface area contributed by atoms with Gasteiger partial charge in [-0.15, -0.1) is 0 Å². The van der Waals surface area contributed by atoms with Gasteiger partial charge < -0.3 is 28.4 Å². The molecule has 3 saturated heterocycles. The van der Waals surface area contributed by atoms with Crippen molar-refractivity contribution in [2.45, 2.75) is 86.5 Å². The number of ether oxygens (including phenoxy) is 6. The fraction of sp³-hybridized carbons (Fsp3) is 0.423. The van der Waals surface area contributed by atoms with Gasteiger partial charge in [-0.1, -0.05) is 214 Å². The molecule has 9 rings (SSSR count). The van der Waals surface area contributed by atoms with Crippen molar-refractivity contribution >= 4 is 32.3 Å². The van der Waals surface area contributed by atoms with Crippen molar-refractivity contribution in [3.05, 3.63) is 146 Å². The smallest absolute Gasteiger partial charge is 0.104 e. The average molecular weight is 797 g/mol. The summed E-state index contributed by atoms with van der Waals surface area (Å²) in [6, 6.07) is 50.1. The molecule has 3 heterocycles. The molecule has 3 fully saturated rings. The minimum Gasteiger partial charge on any atom is -0.382 e. The zero-order valence-corrected chi connectivity index (χ0v) is 37.7. The van der Waals surface area contributed by atoms with E-state index < -0.39 is 0 Å². The second-order valence-corrected chi connectivity index (χ2v) is 12.7. The van der Waals surface area contributed by atoms with Gasteiger partial charge >= 0.3 is 0 Å². The third-order valence-corrected chi connectivity index (χ3v) is 7.24. The minimum atomic E-state index is 0.426. The molecule has 0 bridgehead atoms. The van der Waals surface area contributed by atoms with Gasteiger partial charge in [-0.25, -0.2) is 0 Å². The van der Waals surface area contributed by atoms with E-state index in [4.69, 9.17) is 28.4 Å². The Labute approximate surface area is 352 Å². The topological polar surface area (TPSA) is 65.3 Å². The highest BCUT2D eigenvalue weighted by atomic mass is 16.6. The molecule has 6 nitrogen and oxygen atoms in total. The summed E-state index contributed by atoms with van der Waals surface area (Å²) in [5, 5.41) is 7.86. The van der Waals surface area contributed by atoms with Crippen LogP contribution in [0, 0.1) is 0 Å². The van der Waals surface area contributed by atoms with Crippen LogP contribution in [-0.2, 0) is 28.4 Å². The number of hydrogen-bond donors (Lipinski definition) is 0. The first-order valence-electron chi connectivity index (χ1n) is 21.2. The molecule has 6 heteroatoms. The van der Waals surface area contributed by atoms with Crippen LogP contribution < -0.4 is 0 Å². The van der Waals surface area contributed by atoms with Gasteiger partial charge in [-0.05, 0) is 32.3 Å². The van der Waals surface area contributed by atoms with Crippen LogP contribution in [0.4, 0.5) is 0 Å². The van der Waals surface area contributed by atoms with E-state index in [1.165, 1.54) is 45.2 Å². The van der Waals surface area contributed by atoms with Crippen molar-refractivity contribution in [2.24, 2.45) is 0 Å². The van der Waals surface area contributed by atoms with Crippen LogP contribution in [0.25, 0.3) is 32.3 Å². The van der Waals surface area contributed by atoms with Gasteiger partial charge in [-0.3, -0.25) is 0 Å². The van der Waals surface area contributed by atoms with Gasteiger partial charge in [0.2, 0.25) is 0 Å². The molecule has 0 aromatic heterocycles. The summed E-state index contributed by atoms with van der Waals surface area (Å²) in [5.74, 6) is 0. The maximum atomic E-state index is 4.82. The van der Waals surface area contributed by atoms with E-state index in [0.717, 1.165) is 39.6 Å². The van der Waals surface area contributed by atoms with Crippen LogP contribution in [0.15, 0.2) is 146 Å². The number of methoxy groups -OCH3 is 3. The van der Waals surface area contributed by atoms with E-state index in [9.17, 15) is 0 Å². The van der Waals surface area contributed by atoms with Crippen molar-refractivity contribution < 1.29 is 28.4 Å². The standard InChI is InChI=1S/3C10H8.3C4H8O2.2C3H8.2C2H6/c3*1-2-6-10-8-4-3-7-9(10)5-1;3*1-5-2-4-3-6-4;2*1-3-2;2*1-2/h3*1-8H;3*4H,2-3H2,1H3;2*3H2,1-2H3;2*1-2H3. The highest BCUT2D eigenvalue weighted by Crippen LogP contribution is 2.13. The van der Waals surface area contributed by atoms with Crippen molar-refractivity contribution in [3.63, 3.8) is 0 Å². The van der Waals surface area contributed by atoms with Crippen molar-refractivity contribution in [1.82, 2.24) is 0 Å². The van der Waals surface area contributed by atoms with E-state index in [-0.39, 0.29) is 0 Å². The molecule has 3 unspecified atom stereocenters. The zero-order chi connectivity index (χ0) is 43.1. The molecule has 6 aromatic carbocycles. The average Bonchev–Trinajstić information content (AvgIpc) is 4.13. The number of epoxide rings is 3. The monoisotopic (exact) mass is 797 g/mol.